The largest absolute Gasteiger partial charge is 0.505 e. The average molecular weight is 728 g/mol. The average Bonchev–Trinajstić information content (AvgIpc) is 3.38. The van der Waals surface area contributed by atoms with Gasteiger partial charge in [0.25, 0.3) is 11.8 Å². The fourth-order valence-corrected chi connectivity index (χ4v) is 5.83. The Kier molecular flexibility index (Phi) is 12.4. The highest BCUT2D eigenvalue weighted by molar-refractivity contribution is 9.18. The number of nitrogens with zero attached hydrogens (tertiary/aromatic N) is 4. The van der Waals surface area contributed by atoms with Gasteiger partial charge in [-0.15, -0.1) is 0 Å². The number of carbonyl (C=O) groups excluding carboxylic acids is 3. The minimum absolute atomic E-state index is 0.00151. The molecule has 3 N–H and O–H groups in total. The van der Waals surface area contributed by atoms with Crippen LogP contribution in [0.2, 0.25) is 5.02 Å². The summed E-state index contributed by atoms with van der Waals surface area (Å²) < 4.78 is 39.5. The van der Waals surface area contributed by atoms with Gasteiger partial charge >= 0.3 is 6.18 Å². The van der Waals surface area contributed by atoms with E-state index in [9.17, 15) is 32.7 Å². The van der Waals surface area contributed by atoms with Gasteiger partial charge in [0.1, 0.15) is 16.9 Å². The number of nitrogens with one attached hydrogen (secondary N) is 2. The van der Waals surface area contributed by atoms with Crippen LogP contribution in [0.25, 0.3) is 0 Å². The van der Waals surface area contributed by atoms with E-state index in [2.05, 4.69) is 43.3 Å². The number of hydrogen-bond acceptors (Lipinski definition) is 7. The first-order valence-electron chi connectivity index (χ1n) is 14.5. The number of hydrazone groups is 1. The van der Waals surface area contributed by atoms with E-state index in [1.54, 1.807) is 11.8 Å². The van der Waals surface area contributed by atoms with E-state index >= 15 is 0 Å². The molecule has 10 nitrogen and oxygen atoms in total. The molecule has 248 valence electrons. The molecular weight excluding hydrogens is 693 g/mol. The Bertz CT molecular complexity index is 1540. The van der Waals surface area contributed by atoms with Crippen molar-refractivity contribution in [2.75, 3.05) is 25.0 Å². The first-order chi connectivity index (χ1) is 21.8. The van der Waals surface area contributed by atoms with E-state index in [4.69, 9.17) is 11.6 Å². The smallest absolute Gasteiger partial charge is 0.416 e. The second-order valence-electron chi connectivity index (χ2n) is 10.4. The van der Waals surface area contributed by atoms with Gasteiger partial charge in [-0.05, 0) is 85.1 Å². The molecule has 2 aromatic rings. The summed E-state index contributed by atoms with van der Waals surface area (Å²) in [6.45, 7) is 9.74. The number of anilines is 1. The molecule has 3 amide bonds. The van der Waals surface area contributed by atoms with Gasteiger partial charge in [-0.25, -0.2) is 10.4 Å². The van der Waals surface area contributed by atoms with Crippen LogP contribution < -0.4 is 10.7 Å². The molecule has 15 heteroatoms. The third kappa shape index (κ3) is 8.46. The van der Waals surface area contributed by atoms with Crippen molar-refractivity contribution < 1.29 is 32.7 Å². The highest BCUT2D eigenvalue weighted by Gasteiger charge is 2.48. The van der Waals surface area contributed by atoms with Crippen LogP contribution in [0.3, 0.4) is 0 Å². The van der Waals surface area contributed by atoms with Crippen LogP contribution in [0, 0.1) is 5.41 Å². The van der Waals surface area contributed by atoms with E-state index in [0.717, 1.165) is 18.2 Å². The van der Waals surface area contributed by atoms with Crippen molar-refractivity contribution in [1.82, 2.24) is 20.2 Å². The predicted molar refractivity (Wildman–Crippen MR) is 173 cm³/mol. The van der Waals surface area contributed by atoms with Gasteiger partial charge in [0.2, 0.25) is 5.91 Å². The first kappa shape index (κ1) is 36.6. The summed E-state index contributed by atoms with van der Waals surface area (Å²) in [5, 5.41) is 16.3. The van der Waals surface area contributed by atoms with Crippen LogP contribution in [-0.4, -0.2) is 61.9 Å². The van der Waals surface area contributed by atoms with Gasteiger partial charge in [-0.3, -0.25) is 14.4 Å². The molecule has 1 aromatic heterocycles. The molecule has 2 heterocycles. The Labute approximate surface area is 278 Å². The number of pyridine rings is 1. The van der Waals surface area contributed by atoms with Gasteiger partial charge < -0.3 is 20.2 Å². The molecule has 1 fully saturated rings. The standard InChI is InChI=1S/C29H29BrClF3N6O4.C2H6/c1-3-39(16-23(42)36-20-7-6-18(15-19(20)31)29(32,33)34)21-8-9-28(24(21)26(43)38-37-17(2)30)10-13-40(14-11-28)27(44)25-22(41)5-4-12-35-25;1-2/h3-7,12,15,41H,1,8-11,13-14,16H2,2H3,(H,36,42)(H,38,43);1-2H3/b37-17+;. The molecule has 1 aliphatic carbocycles. The lowest BCUT2D eigenvalue weighted by atomic mass is 9.72. The third-order valence-corrected chi connectivity index (χ3v) is 8.14. The molecular formula is C31H35BrClF3N6O4. The van der Waals surface area contributed by atoms with Crippen molar-refractivity contribution in [2.24, 2.45) is 10.5 Å². The second kappa shape index (κ2) is 15.6. The number of allylic oxidation sites excluding steroid dienone is 1. The molecule has 46 heavy (non-hydrogen) atoms. The number of alkyl halides is 3. The number of aromatic hydroxyl groups is 1. The number of halogens is 5. The Hall–Kier alpha value is -3.91. The van der Waals surface area contributed by atoms with E-state index in [0.29, 0.717) is 54.7 Å². The van der Waals surface area contributed by atoms with Crippen molar-refractivity contribution in [3.8, 4) is 5.75 Å². The minimum atomic E-state index is -4.59. The molecule has 1 saturated heterocycles. The van der Waals surface area contributed by atoms with Crippen LogP contribution in [0.5, 0.6) is 5.75 Å². The maximum absolute atomic E-state index is 13.6. The van der Waals surface area contributed by atoms with Gasteiger partial charge in [0.15, 0.2) is 5.69 Å². The quantitative estimate of drug-likeness (QED) is 0.206. The number of amides is 3. The summed E-state index contributed by atoms with van der Waals surface area (Å²) in [4.78, 5) is 46.7. The predicted octanol–water partition coefficient (Wildman–Crippen LogP) is 6.68. The third-order valence-electron chi connectivity index (χ3n) is 7.65. The molecule has 0 atom stereocenters. The van der Waals surface area contributed by atoms with Crippen LogP contribution in [0.1, 0.15) is 62.5 Å². The molecule has 1 spiro atoms. The summed E-state index contributed by atoms with van der Waals surface area (Å²) in [5.41, 5.74) is 1.84. The highest BCUT2D eigenvalue weighted by Crippen LogP contribution is 2.51. The van der Waals surface area contributed by atoms with Crippen LogP contribution in [0.15, 0.2) is 65.7 Å². The minimum Gasteiger partial charge on any atom is -0.505 e. The first-order valence-corrected chi connectivity index (χ1v) is 15.7. The van der Waals surface area contributed by atoms with Gasteiger partial charge in [-0.1, -0.05) is 32.0 Å². The van der Waals surface area contributed by atoms with Crippen LogP contribution in [-0.2, 0) is 15.8 Å². The number of benzene rings is 1. The van der Waals surface area contributed by atoms with E-state index in [1.807, 2.05) is 13.8 Å². The van der Waals surface area contributed by atoms with Crippen molar-refractivity contribution in [2.45, 2.75) is 52.6 Å². The van der Waals surface area contributed by atoms with Gasteiger partial charge in [0.05, 0.1) is 16.3 Å². The fraction of sp³-hybridized carbons (Fsp3) is 0.387. The Balaban J connectivity index is 0.00000282. The topological polar surface area (TPSA) is 127 Å². The van der Waals surface area contributed by atoms with E-state index < -0.39 is 34.9 Å². The molecule has 0 radical (unpaired) electrons. The number of hydrogen-bond donors (Lipinski definition) is 3. The van der Waals surface area contributed by atoms with E-state index in [-0.39, 0.29) is 28.7 Å². The van der Waals surface area contributed by atoms with Crippen molar-refractivity contribution >= 4 is 55.6 Å². The lowest BCUT2D eigenvalue weighted by molar-refractivity contribution is -0.137. The SMILES string of the molecule is C=CN(CC(=O)Nc1ccc(C(F)(F)F)cc1Cl)C1=C(C(=O)N/N=C(\C)Br)C2(CC1)CCN(C(=O)c1ncccc1O)CC2.CC. The molecule has 1 aromatic carbocycles. The van der Waals surface area contributed by atoms with Crippen molar-refractivity contribution in [1.29, 1.82) is 0 Å². The molecule has 0 saturated carbocycles. The summed E-state index contributed by atoms with van der Waals surface area (Å²) in [7, 11) is 0. The lowest BCUT2D eigenvalue weighted by Gasteiger charge is -2.40. The number of carbonyl (C=O) groups is 3. The van der Waals surface area contributed by atoms with E-state index in [1.165, 1.54) is 29.4 Å². The lowest BCUT2D eigenvalue weighted by Crippen LogP contribution is -2.45. The van der Waals surface area contributed by atoms with Gasteiger partial charge in [-0.2, -0.15) is 18.3 Å². The maximum Gasteiger partial charge on any atom is 0.416 e. The summed E-state index contributed by atoms with van der Waals surface area (Å²) in [6, 6.07) is 5.53. The fourth-order valence-electron chi connectivity index (χ4n) is 5.51. The molecule has 4 rings (SSSR count). The zero-order valence-corrected chi connectivity index (χ0v) is 27.9. The maximum atomic E-state index is 13.6. The number of likely N-dealkylation sites (tertiary alicyclic amines) is 1. The zero-order valence-electron chi connectivity index (χ0n) is 25.5. The van der Waals surface area contributed by atoms with Crippen LogP contribution >= 0.6 is 27.5 Å². The Morgan fingerprint density at radius 2 is 1.89 bits per heavy atom. The molecule has 0 unspecified atom stereocenters. The number of aromatic nitrogens is 1. The molecule has 1 aliphatic heterocycles. The number of rotatable bonds is 8. The summed E-state index contributed by atoms with van der Waals surface area (Å²) in [6.07, 6.45) is 0.0448. The van der Waals surface area contributed by atoms with Crippen LogP contribution in [0.4, 0.5) is 18.9 Å². The molecule has 2 aliphatic rings. The van der Waals surface area contributed by atoms with Crippen molar-refractivity contribution in [3.63, 3.8) is 0 Å². The monoisotopic (exact) mass is 726 g/mol. The summed E-state index contributed by atoms with van der Waals surface area (Å²) in [5.74, 6) is -1.71. The van der Waals surface area contributed by atoms with Gasteiger partial charge in [0, 0.05) is 36.0 Å². The normalized spacial score (nSPS) is 16.0. The molecule has 0 bridgehead atoms. The number of piperidine rings is 1. The summed E-state index contributed by atoms with van der Waals surface area (Å²) >= 11 is 9.20. The Morgan fingerprint density at radius 1 is 1.22 bits per heavy atom. The zero-order chi connectivity index (χ0) is 34.2. The Morgan fingerprint density at radius 3 is 2.46 bits per heavy atom. The highest BCUT2D eigenvalue weighted by atomic mass is 79.9. The second-order valence-corrected chi connectivity index (χ2v) is 11.9. The van der Waals surface area contributed by atoms with Crippen molar-refractivity contribution in [3.05, 3.63) is 76.9 Å².